The minimum absolute atomic E-state index is 0.171. The second-order valence-corrected chi connectivity index (χ2v) is 7.72. The molecule has 2 heterocycles. The van der Waals surface area contributed by atoms with Crippen LogP contribution in [0, 0.1) is 0 Å². The largest absolute Gasteiger partial charge is 0.493 e. The Morgan fingerprint density at radius 3 is 2.74 bits per heavy atom. The van der Waals surface area contributed by atoms with E-state index in [2.05, 4.69) is 22.2 Å². The minimum atomic E-state index is -4.52. The van der Waals surface area contributed by atoms with Crippen LogP contribution in [0.25, 0.3) is 11.3 Å². The summed E-state index contributed by atoms with van der Waals surface area (Å²) in [6.07, 6.45) is 6.58. The molecule has 0 spiro atoms. The number of aromatic nitrogens is 2. The number of nitrogens with one attached hydrogen (secondary N) is 1. The fraction of sp³-hybridized carbons (Fsp3) is 0.304. The van der Waals surface area contributed by atoms with E-state index in [0.29, 0.717) is 22.9 Å². The van der Waals surface area contributed by atoms with Gasteiger partial charge in [-0.25, -0.2) is 4.98 Å². The molecule has 0 radical (unpaired) electrons. The smallest absolute Gasteiger partial charge is 0.420 e. The quantitative estimate of drug-likeness (QED) is 0.258. The Morgan fingerprint density at radius 1 is 1.16 bits per heavy atom. The lowest BCUT2D eigenvalue weighted by atomic mass is 10.1. The molecule has 8 heteroatoms. The SMILES string of the molecule is CCCC/C=C\CCOc1ccc(Nc2nc(-c3cccnc3)cs2)cc1C(F)(F)F. The van der Waals surface area contributed by atoms with Gasteiger partial charge in [-0.05, 0) is 43.2 Å². The zero-order chi connectivity index (χ0) is 22.1. The lowest BCUT2D eigenvalue weighted by Crippen LogP contribution is -2.10. The van der Waals surface area contributed by atoms with Gasteiger partial charge < -0.3 is 10.1 Å². The van der Waals surface area contributed by atoms with Crippen LogP contribution in [0.1, 0.15) is 38.2 Å². The first kappa shape index (κ1) is 22.8. The molecule has 164 valence electrons. The van der Waals surface area contributed by atoms with Crippen LogP contribution >= 0.6 is 11.3 Å². The van der Waals surface area contributed by atoms with Crippen molar-refractivity contribution in [3.8, 4) is 17.0 Å². The number of nitrogens with zero attached hydrogens (tertiary/aromatic N) is 2. The van der Waals surface area contributed by atoms with Crippen LogP contribution in [0.4, 0.5) is 24.0 Å². The van der Waals surface area contributed by atoms with Crippen LogP contribution in [-0.4, -0.2) is 16.6 Å². The van der Waals surface area contributed by atoms with Gasteiger partial charge in [0.25, 0.3) is 0 Å². The molecular weight excluding hydrogens is 423 g/mol. The highest BCUT2D eigenvalue weighted by atomic mass is 32.1. The van der Waals surface area contributed by atoms with Crippen molar-refractivity contribution in [1.29, 1.82) is 0 Å². The van der Waals surface area contributed by atoms with E-state index < -0.39 is 11.7 Å². The van der Waals surface area contributed by atoms with Gasteiger partial charge in [0, 0.05) is 29.0 Å². The van der Waals surface area contributed by atoms with Crippen LogP contribution in [0.15, 0.2) is 60.3 Å². The Balaban J connectivity index is 1.67. The Kier molecular flexibility index (Phi) is 8.06. The van der Waals surface area contributed by atoms with Crippen LogP contribution < -0.4 is 10.1 Å². The predicted octanol–water partition coefficient (Wildman–Crippen LogP) is 7.48. The molecule has 0 unspecified atom stereocenters. The molecule has 0 saturated heterocycles. The Bertz CT molecular complexity index is 987. The van der Waals surface area contributed by atoms with E-state index in [9.17, 15) is 13.2 Å². The number of ether oxygens (including phenoxy) is 1. The summed E-state index contributed by atoms with van der Waals surface area (Å²) >= 11 is 1.31. The van der Waals surface area contributed by atoms with E-state index in [-0.39, 0.29) is 12.4 Å². The first-order valence-corrected chi connectivity index (χ1v) is 11.0. The van der Waals surface area contributed by atoms with Crippen molar-refractivity contribution < 1.29 is 17.9 Å². The number of hydrogen-bond acceptors (Lipinski definition) is 5. The highest BCUT2D eigenvalue weighted by molar-refractivity contribution is 7.14. The lowest BCUT2D eigenvalue weighted by molar-refractivity contribution is -0.138. The zero-order valence-corrected chi connectivity index (χ0v) is 18.0. The third-order valence-corrected chi connectivity index (χ3v) is 5.19. The maximum absolute atomic E-state index is 13.6. The predicted molar refractivity (Wildman–Crippen MR) is 119 cm³/mol. The fourth-order valence-electron chi connectivity index (χ4n) is 2.85. The summed E-state index contributed by atoms with van der Waals surface area (Å²) in [6, 6.07) is 7.64. The maximum Gasteiger partial charge on any atom is 0.420 e. The Morgan fingerprint density at radius 2 is 2.00 bits per heavy atom. The summed E-state index contributed by atoms with van der Waals surface area (Å²) in [5, 5.41) is 5.28. The molecule has 0 aliphatic carbocycles. The van der Waals surface area contributed by atoms with E-state index >= 15 is 0 Å². The molecule has 1 aromatic carbocycles. The van der Waals surface area contributed by atoms with Gasteiger partial charge in [0.2, 0.25) is 0 Å². The molecule has 2 aromatic heterocycles. The van der Waals surface area contributed by atoms with E-state index in [1.807, 2.05) is 23.6 Å². The van der Waals surface area contributed by atoms with E-state index in [1.54, 1.807) is 24.5 Å². The van der Waals surface area contributed by atoms with Gasteiger partial charge >= 0.3 is 6.18 Å². The first-order valence-electron chi connectivity index (χ1n) is 10.1. The summed E-state index contributed by atoms with van der Waals surface area (Å²) < 4.78 is 46.1. The summed E-state index contributed by atoms with van der Waals surface area (Å²) in [5.41, 5.74) is 1.04. The molecule has 0 aliphatic rings. The fourth-order valence-corrected chi connectivity index (χ4v) is 3.59. The van der Waals surface area contributed by atoms with Crippen molar-refractivity contribution in [3.63, 3.8) is 0 Å². The number of alkyl halides is 3. The molecule has 0 bridgehead atoms. The number of hydrogen-bond donors (Lipinski definition) is 1. The summed E-state index contributed by atoms with van der Waals surface area (Å²) in [5.74, 6) is -0.171. The first-order chi connectivity index (χ1) is 15.0. The second kappa shape index (κ2) is 10.9. The van der Waals surface area contributed by atoms with Crippen molar-refractivity contribution in [2.75, 3.05) is 11.9 Å². The third kappa shape index (κ3) is 6.82. The molecule has 0 saturated carbocycles. The number of allylic oxidation sites excluding steroid dienone is 1. The highest BCUT2D eigenvalue weighted by Gasteiger charge is 2.34. The van der Waals surface area contributed by atoms with Gasteiger partial charge in [0.05, 0.1) is 17.9 Å². The third-order valence-electron chi connectivity index (χ3n) is 4.43. The molecule has 0 amide bonds. The minimum Gasteiger partial charge on any atom is -0.493 e. The van der Waals surface area contributed by atoms with Crippen LogP contribution in [-0.2, 0) is 6.18 Å². The number of anilines is 2. The van der Waals surface area contributed by atoms with Crippen molar-refractivity contribution in [3.05, 3.63) is 65.8 Å². The maximum atomic E-state index is 13.6. The number of benzene rings is 1. The molecule has 0 aliphatic heterocycles. The number of thiazole rings is 1. The number of rotatable bonds is 10. The van der Waals surface area contributed by atoms with Crippen LogP contribution in [0.2, 0.25) is 0 Å². The summed E-state index contributed by atoms with van der Waals surface area (Å²) in [4.78, 5) is 8.48. The van der Waals surface area contributed by atoms with Crippen molar-refractivity contribution in [1.82, 2.24) is 9.97 Å². The van der Waals surface area contributed by atoms with Gasteiger partial charge in [-0.1, -0.05) is 31.9 Å². The highest BCUT2D eigenvalue weighted by Crippen LogP contribution is 2.39. The van der Waals surface area contributed by atoms with Gasteiger partial charge in [-0.3, -0.25) is 4.98 Å². The summed E-state index contributed by atoms with van der Waals surface area (Å²) in [7, 11) is 0. The number of pyridine rings is 1. The molecular formula is C23H24F3N3OS. The van der Waals surface area contributed by atoms with Gasteiger partial charge in [0.15, 0.2) is 5.13 Å². The Hall–Kier alpha value is -2.87. The van der Waals surface area contributed by atoms with Crippen LogP contribution in [0.3, 0.4) is 0 Å². The van der Waals surface area contributed by atoms with E-state index in [4.69, 9.17) is 4.74 Å². The molecule has 1 N–H and O–H groups in total. The number of unbranched alkanes of at least 4 members (excludes halogenated alkanes) is 2. The van der Waals surface area contributed by atoms with Crippen molar-refractivity contribution in [2.24, 2.45) is 0 Å². The molecule has 0 fully saturated rings. The number of halogens is 3. The van der Waals surface area contributed by atoms with E-state index in [0.717, 1.165) is 30.9 Å². The van der Waals surface area contributed by atoms with Gasteiger partial charge in [-0.15, -0.1) is 11.3 Å². The average molecular weight is 448 g/mol. The molecule has 3 aromatic rings. The second-order valence-electron chi connectivity index (χ2n) is 6.86. The molecule has 0 atom stereocenters. The zero-order valence-electron chi connectivity index (χ0n) is 17.2. The van der Waals surface area contributed by atoms with Crippen molar-refractivity contribution in [2.45, 2.75) is 38.8 Å². The average Bonchev–Trinajstić information content (AvgIpc) is 3.22. The van der Waals surface area contributed by atoms with E-state index in [1.165, 1.54) is 17.4 Å². The monoisotopic (exact) mass is 447 g/mol. The Labute approximate surface area is 183 Å². The lowest BCUT2D eigenvalue weighted by Gasteiger charge is -2.15. The van der Waals surface area contributed by atoms with Crippen molar-refractivity contribution >= 4 is 22.2 Å². The topological polar surface area (TPSA) is 47.0 Å². The summed E-state index contributed by atoms with van der Waals surface area (Å²) in [6.45, 7) is 2.31. The molecule has 4 nitrogen and oxygen atoms in total. The van der Waals surface area contributed by atoms with Gasteiger partial charge in [-0.2, -0.15) is 13.2 Å². The normalized spacial score (nSPS) is 11.7. The molecule has 31 heavy (non-hydrogen) atoms. The van der Waals surface area contributed by atoms with Crippen LogP contribution in [0.5, 0.6) is 5.75 Å². The standard InChI is InChI=1S/C23H24F3N3OS/c1-2-3-4-5-6-7-13-30-21-11-10-18(14-19(21)23(24,25)26)28-22-29-20(16-31-22)17-9-8-12-27-15-17/h5-6,8-12,14-16H,2-4,7,13H2,1H3,(H,28,29)/b6-5-. The molecule has 3 rings (SSSR count). The van der Waals surface area contributed by atoms with Gasteiger partial charge in [0.1, 0.15) is 5.75 Å².